The second-order valence-electron chi connectivity index (χ2n) is 3.85. The summed E-state index contributed by atoms with van der Waals surface area (Å²) in [6.45, 7) is 0.401. The molecule has 1 heterocycles. The van der Waals surface area contributed by atoms with E-state index in [1.54, 1.807) is 12.1 Å². The highest BCUT2D eigenvalue weighted by atomic mass is 127. The van der Waals surface area contributed by atoms with Crippen molar-refractivity contribution in [2.45, 2.75) is 12.2 Å². The third kappa shape index (κ3) is 2.36. The second-order valence-corrected chi connectivity index (χ2v) is 5.10. The Hall–Kier alpha value is -0.660. The molecule has 1 aliphatic rings. The Morgan fingerprint density at radius 2 is 1.69 bits per heavy atom. The average molecular weight is 333 g/mol. The van der Waals surface area contributed by atoms with Crippen LogP contribution >= 0.6 is 22.6 Å². The highest BCUT2D eigenvalue weighted by molar-refractivity contribution is 14.1. The normalized spacial score (nSPS) is 24.8. The van der Waals surface area contributed by atoms with Crippen molar-refractivity contribution < 1.29 is 15.0 Å². The molecule has 2 N–H and O–H groups in total. The molecule has 0 spiro atoms. The molecule has 2 atom stereocenters. The number of hydrogen-bond donors (Lipinski definition) is 2. The van der Waals surface area contributed by atoms with Crippen LogP contribution in [0.25, 0.3) is 0 Å². The summed E-state index contributed by atoms with van der Waals surface area (Å²) in [7, 11) is 0. The zero-order valence-corrected chi connectivity index (χ0v) is 10.7. The van der Waals surface area contributed by atoms with Crippen LogP contribution in [0.2, 0.25) is 0 Å². The highest BCUT2D eigenvalue weighted by Crippen LogP contribution is 2.15. The van der Waals surface area contributed by atoms with Crippen LogP contribution in [0.1, 0.15) is 10.4 Å². The van der Waals surface area contributed by atoms with Crippen molar-refractivity contribution in [2.24, 2.45) is 0 Å². The summed E-state index contributed by atoms with van der Waals surface area (Å²) >= 11 is 2.17. The smallest absolute Gasteiger partial charge is 0.254 e. The maximum Gasteiger partial charge on any atom is 0.254 e. The Morgan fingerprint density at radius 1 is 1.19 bits per heavy atom. The molecule has 1 aliphatic heterocycles. The largest absolute Gasteiger partial charge is 0.388 e. The number of hydrogen-bond acceptors (Lipinski definition) is 3. The van der Waals surface area contributed by atoms with Gasteiger partial charge in [0.15, 0.2) is 0 Å². The molecular formula is C11H12INO3. The van der Waals surface area contributed by atoms with Crippen molar-refractivity contribution in [2.75, 3.05) is 13.1 Å². The minimum absolute atomic E-state index is 0.146. The van der Waals surface area contributed by atoms with E-state index in [0.717, 1.165) is 3.57 Å². The Morgan fingerprint density at radius 3 is 2.19 bits per heavy atom. The lowest BCUT2D eigenvalue weighted by atomic mass is 10.2. The number of benzene rings is 1. The van der Waals surface area contributed by atoms with Crippen LogP contribution in [0.4, 0.5) is 0 Å². The third-order valence-corrected chi connectivity index (χ3v) is 3.36. The molecule has 0 unspecified atom stereocenters. The summed E-state index contributed by atoms with van der Waals surface area (Å²) < 4.78 is 1.07. The number of carbonyl (C=O) groups excluding carboxylic acids is 1. The molecule has 0 radical (unpaired) electrons. The number of β-amino-alcohol motifs (C(OH)–C–C–N with tert-alkyl or cyclic N) is 2. The van der Waals surface area contributed by atoms with E-state index < -0.39 is 12.2 Å². The van der Waals surface area contributed by atoms with Crippen LogP contribution in [0.15, 0.2) is 24.3 Å². The second kappa shape index (κ2) is 4.68. The number of aliphatic hydroxyl groups is 2. The number of nitrogens with zero attached hydrogens (tertiary/aromatic N) is 1. The lowest BCUT2D eigenvalue weighted by Gasteiger charge is -2.15. The van der Waals surface area contributed by atoms with Gasteiger partial charge in [0, 0.05) is 22.2 Å². The monoisotopic (exact) mass is 333 g/mol. The number of aliphatic hydroxyl groups excluding tert-OH is 2. The summed E-state index contributed by atoms with van der Waals surface area (Å²) in [5.41, 5.74) is 0.585. The van der Waals surface area contributed by atoms with Gasteiger partial charge < -0.3 is 15.1 Å². The lowest BCUT2D eigenvalue weighted by Crippen LogP contribution is -2.29. The van der Waals surface area contributed by atoms with E-state index in [9.17, 15) is 15.0 Å². The first-order valence-corrected chi connectivity index (χ1v) is 6.07. The van der Waals surface area contributed by atoms with Gasteiger partial charge >= 0.3 is 0 Å². The van der Waals surface area contributed by atoms with E-state index in [1.807, 2.05) is 12.1 Å². The molecule has 1 amide bonds. The maximum absolute atomic E-state index is 12.0. The van der Waals surface area contributed by atoms with Crippen LogP contribution in [0.3, 0.4) is 0 Å². The summed E-state index contributed by atoms with van der Waals surface area (Å²) in [5.74, 6) is -0.146. The molecule has 16 heavy (non-hydrogen) atoms. The molecule has 1 fully saturated rings. The van der Waals surface area contributed by atoms with Gasteiger partial charge in [-0.25, -0.2) is 0 Å². The van der Waals surface area contributed by atoms with Crippen molar-refractivity contribution in [3.8, 4) is 0 Å². The molecule has 0 bridgehead atoms. The SMILES string of the molecule is O=C(c1ccc(I)cc1)N1C[C@@H](O)[C@@H](O)C1. The van der Waals surface area contributed by atoms with Gasteiger partial charge in [0.1, 0.15) is 0 Å². The van der Waals surface area contributed by atoms with Crippen molar-refractivity contribution >= 4 is 28.5 Å². The number of rotatable bonds is 1. The first kappa shape index (κ1) is 11.8. The summed E-state index contributed by atoms with van der Waals surface area (Å²) in [4.78, 5) is 13.4. The average Bonchev–Trinajstić information content (AvgIpc) is 2.59. The maximum atomic E-state index is 12.0. The fraction of sp³-hybridized carbons (Fsp3) is 0.364. The lowest BCUT2D eigenvalue weighted by molar-refractivity contribution is 0.0572. The van der Waals surface area contributed by atoms with Gasteiger partial charge in [-0.1, -0.05) is 0 Å². The summed E-state index contributed by atoms with van der Waals surface area (Å²) in [5, 5.41) is 18.7. The number of amides is 1. The van der Waals surface area contributed by atoms with Crippen LogP contribution in [-0.4, -0.2) is 46.3 Å². The molecule has 5 heteroatoms. The predicted octanol–water partition coefficient (Wildman–Crippen LogP) is 0.469. The Labute approximate surface area is 107 Å². The quantitative estimate of drug-likeness (QED) is 0.735. The van der Waals surface area contributed by atoms with Crippen LogP contribution in [0.5, 0.6) is 0 Å². The molecule has 0 aromatic heterocycles. The molecule has 1 aromatic carbocycles. The third-order valence-electron chi connectivity index (χ3n) is 2.64. The summed E-state index contributed by atoms with van der Waals surface area (Å²) in [6.07, 6.45) is -1.65. The summed E-state index contributed by atoms with van der Waals surface area (Å²) in [6, 6.07) is 7.22. The Kier molecular flexibility index (Phi) is 3.46. The molecule has 0 aliphatic carbocycles. The minimum Gasteiger partial charge on any atom is -0.388 e. The highest BCUT2D eigenvalue weighted by Gasteiger charge is 2.32. The van der Waals surface area contributed by atoms with E-state index >= 15 is 0 Å². The van der Waals surface area contributed by atoms with Crippen molar-refractivity contribution in [3.63, 3.8) is 0 Å². The first-order valence-electron chi connectivity index (χ1n) is 4.99. The molecule has 86 valence electrons. The molecule has 0 saturated carbocycles. The van der Waals surface area contributed by atoms with Gasteiger partial charge in [-0.3, -0.25) is 4.79 Å². The van der Waals surface area contributed by atoms with E-state index in [-0.39, 0.29) is 19.0 Å². The zero-order valence-electron chi connectivity index (χ0n) is 8.51. The fourth-order valence-corrected chi connectivity index (χ4v) is 2.07. The van der Waals surface area contributed by atoms with Gasteiger partial charge in [-0.05, 0) is 46.9 Å². The standard InChI is InChI=1S/C11H12INO3/c12-8-3-1-7(2-4-8)11(16)13-5-9(14)10(15)6-13/h1-4,9-10,14-15H,5-6H2/t9-,10+. The number of halogens is 1. The number of likely N-dealkylation sites (tertiary alicyclic amines) is 1. The van der Waals surface area contributed by atoms with Crippen molar-refractivity contribution in [1.82, 2.24) is 4.90 Å². The van der Waals surface area contributed by atoms with E-state index in [2.05, 4.69) is 22.6 Å². The van der Waals surface area contributed by atoms with E-state index in [0.29, 0.717) is 5.56 Å². The van der Waals surface area contributed by atoms with E-state index in [1.165, 1.54) is 4.90 Å². The molecule has 4 nitrogen and oxygen atoms in total. The Balaban J connectivity index is 2.11. The van der Waals surface area contributed by atoms with Gasteiger partial charge in [0.2, 0.25) is 0 Å². The molecule has 2 rings (SSSR count). The zero-order chi connectivity index (χ0) is 11.7. The number of carbonyl (C=O) groups is 1. The first-order chi connectivity index (χ1) is 7.58. The molecule has 1 aromatic rings. The van der Waals surface area contributed by atoms with Crippen molar-refractivity contribution in [3.05, 3.63) is 33.4 Å². The predicted molar refractivity (Wildman–Crippen MR) is 67.1 cm³/mol. The fourth-order valence-electron chi connectivity index (χ4n) is 1.71. The van der Waals surface area contributed by atoms with Gasteiger partial charge in [-0.15, -0.1) is 0 Å². The van der Waals surface area contributed by atoms with Crippen LogP contribution < -0.4 is 0 Å². The Bertz CT molecular complexity index is 383. The minimum atomic E-state index is -0.826. The molecule has 1 saturated heterocycles. The van der Waals surface area contributed by atoms with Crippen LogP contribution in [-0.2, 0) is 0 Å². The topological polar surface area (TPSA) is 60.8 Å². The van der Waals surface area contributed by atoms with Crippen molar-refractivity contribution in [1.29, 1.82) is 0 Å². The van der Waals surface area contributed by atoms with Gasteiger partial charge in [0.25, 0.3) is 5.91 Å². The molecular weight excluding hydrogens is 321 g/mol. The van der Waals surface area contributed by atoms with Gasteiger partial charge in [0.05, 0.1) is 12.2 Å². The van der Waals surface area contributed by atoms with Gasteiger partial charge in [-0.2, -0.15) is 0 Å². The van der Waals surface area contributed by atoms with E-state index in [4.69, 9.17) is 0 Å². The van der Waals surface area contributed by atoms with Crippen LogP contribution in [0, 0.1) is 3.57 Å².